The van der Waals surface area contributed by atoms with E-state index in [0.717, 1.165) is 11.3 Å². The third-order valence-electron chi connectivity index (χ3n) is 2.58. The quantitative estimate of drug-likeness (QED) is 0.851. The molecule has 1 N–H and O–H groups in total. The first kappa shape index (κ1) is 13.2. The fourth-order valence-corrected chi connectivity index (χ4v) is 1.47. The van der Waals surface area contributed by atoms with Gasteiger partial charge in [0, 0.05) is 25.6 Å². The number of rotatable bonds is 5. The minimum absolute atomic E-state index is 0.0352. The highest BCUT2D eigenvalue weighted by Crippen LogP contribution is 2.15. The van der Waals surface area contributed by atoms with Crippen LogP contribution in [0.25, 0.3) is 0 Å². The average Bonchev–Trinajstić information content (AvgIpc) is 2.28. The van der Waals surface area contributed by atoms with E-state index in [0.29, 0.717) is 6.42 Å². The summed E-state index contributed by atoms with van der Waals surface area (Å²) in [6, 6.07) is 7.64. The van der Waals surface area contributed by atoms with E-state index >= 15 is 0 Å². The van der Waals surface area contributed by atoms with Gasteiger partial charge in [-0.15, -0.1) is 0 Å². The highest BCUT2D eigenvalue weighted by atomic mass is 16.4. The number of anilines is 1. The van der Waals surface area contributed by atoms with Gasteiger partial charge in [-0.05, 0) is 25.5 Å². The predicted molar refractivity (Wildman–Crippen MR) is 66.1 cm³/mol. The maximum Gasteiger partial charge on any atom is 0.303 e. The predicted octanol–water partition coefficient (Wildman–Crippen LogP) is 2.21. The number of amides is 1. The lowest BCUT2D eigenvalue weighted by Crippen LogP contribution is -2.25. The summed E-state index contributed by atoms with van der Waals surface area (Å²) >= 11 is 0. The highest BCUT2D eigenvalue weighted by molar-refractivity contribution is 5.92. The molecular formula is C13H17NO3. The van der Waals surface area contributed by atoms with Crippen LogP contribution in [0.5, 0.6) is 0 Å². The second kappa shape index (κ2) is 6.03. The Morgan fingerprint density at radius 1 is 1.18 bits per heavy atom. The summed E-state index contributed by atoms with van der Waals surface area (Å²) in [6.45, 7) is 1.98. The van der Waals surface area contributed by atoms with E-state index in [1.54, 1.807) is 11.9 Å². The fraction of sp³-hybridized carbons (Fsp3) is 0.385. The maximum absolute atomic E-state index is 11.7. The molecule has 0 unspecified atom stereocenters. The smallest absolute Gasteiger partial charge is 0.303 e. The van der Waals surface area contributed by atoms with Gasteiger partial charge in [-0.2, -0.15) is 0 Å². The molecule has 0 aliphatic rings. The van der Waals surface area contributed by atoms with E-state index in [1.807, 2.05) is 31.2 Å². The van der Waals surface area contributed by atoms with Crippen LogP contribution in [-0.4, -0.2) is 24.0 Å². The third kappa shape index (κ3) is 4.26. The molecule has 0 saturated carbocycles. The normalized spacial score (nSPS) is 10.0. The number of aliphatic carboxylic acids is 1. The van der Waals surface area contributed by atoms with Crippen LogP contribution in [0.2, 0.25) is 0 Å². The number of carbonyl (C=O) groups is 2. The molecule has 92 valence electrons. The summed E-state index contributed by atoms with van der Waals surface area (Å²) in [6.07, 6.45) is 0.675. The Morgan fingerprint density at radius 3 is 2.29 bits per heavy atom. The SMILES string of the molecule is Cc1ccc(N(C)C(=O)CCCC(=O)O)cc1. The van der Waals surface area contributed by atoms with Crippen molar-refractivity contribution in [2.45, 2.75) is 26.2 Å². The number of carboxylic acid groups (broad SMARTS) is 1. The molecule has 1 amide bonds. The van der Waals surface area contributed by atoms with Gasteiger partial charge in [0.25, 0.3) is 0 Å². The molecule has 0 heterocycles. The summed E-state index contributed by atoms with van der Waals surface area (Å²) in [5, 5.41) is 8.49. The van der Waals surface area contributed by atoms with Crippen molar-refractivity contribution in [1.82, 2.24) is 0 Å². The molecule has 0 aromatic heterocycles. The van der Waals surface area contributed by atoms with Gasteiger partial charge >= 0.3 is 5.97 Å². The van der Waals surface area contributed by atoms with Gasteiger partial charge in [0.05, 0.1) is 0 Å². The number of hydrogen-bond donors (Lipinski definition) is 1. The Balaban J connectivity index is 2.51. The molecule has 17 heavy (non-hydrogen) atoms. The fourth-order valence-electron chi connectivity index (χ4n) is 1.47. The van der Waals surface area contributed by atoms with E-state index in [-0.39, 0.29) is 18.7 Å². The topological polar surface area (TPSA) is 57.6 Å². The molecule has 0 radical (unpaired) electrons. The van der Waals surface area contributed by atoms with Gasteiger partial charge in [-0.1, -0.05) is 17.7 Å². The van der Waals surface area contributed by atoms with E-state index in [4.69, 9.17) is 5.11 Å². The summed E-state index contributed by atoms with van der Waals surface area (Å²) in [4.78, 5) is 23.6. The van der Waals surface area contributed by atoms with Crippen LogP contribution in [0.15, 0.2) is 24.3 Å². The maximum atomic E-state index is 11.7. The first-order valence-electron chi connectivity index (χ1n) is 5.55. The van der Waals surface area contributed by atoms with E-state index in [2.05, 4.69) is 0 Å². The molecule has 0 saturated heterocycles. The van der Waals surface area contributed by atoms with Crippen LogP contribution in [0.3, 0.4) is 0 Å². The summed E-state index contributed by atoms with van der Waals surface area (Å²) in [7, 11) is 1.70. The van der Waals surface area contributed by atoms with Crippen molar-refractivity contribution in [2.24, 2.45) is 0 Å². The van der Waals surface area contributed by atoms with Crippen LogP contribution in [-0.2, 0) is 9.59 Å². The van der Waals surface area contributed by atoms with E-state index in [9.17, 15) is 9.59 Å². The van der Waals surface area contributed by atoms with Crippen LogP contribution in [0.1, 0.15) is 24.8 Å². The number of carbonyl (C=O) groups excluding carboxylic acids is 1. The molecule has 0 aliphatic carbocycles. The first-order valence-corrected chi connectivity index (χ1v) is 5.55. The highest BCUT2D eigenvalue weighted by Gasteiger charge is 2.10. The summed E-state index contributed by atoms with van der Waals surface area (Å²) in [5.41, 5.74) is 1.97. The average molecular weight is 235 g/mol. The number of aryl methyl sites for hydroxylation is 1. The molecule has 4 heteroatoms. The number of hydrogen-bond acceptors (Lipinski definition) is 2. The van der Waals surface area contributed by atoms with Gasteiger partial charge in [0.1, 0.15) is 0 Å². The van der Waals surface area contributed by atoms with Crippen molar-refractivity contribution in [3.05, 3.63) is 29.8 Å². The van der Waals surface area contributed by atoms with Gasteiger partial charge in [-0.25, -0.2) is 0 Å². The molecule has 0 aliphatic heterocycles. The minimum atomic E-state index is -0.865. The molecule has 1 aromatic rings. The van der Waals surface area contributed by atoms with Crippen molar-refractivity contribution in [3.63, 3.8) is 0 Å². The van der Waals surface area contributed by atoms with Gasteiger partial charge in [-0.3, -0.25) is 9.59 Å². The molecule has 0 bridgehead atoms. The standard InChI is InChI=1S/C13H17NO3/c1-10-6-8-11(9-7-10)14(2)12(15)4-3-5-13(16)17/h6-9H,3-5H2,1-2H3,(H,16,17). The van der Waals surface area contributed by atoms with Crippen molar-refractivity contribution < 1.29 is 14.7 Å². The van der Waals surface area contributed by atoms with Crippen molar-refractivity contribution in [2.75, 3.05) is 11.9 Å². The van der Waals surface area contributed by atoms with E-state index < -0.39 is 5.97 Å². The molecule has 1 aromatic carbocycles. The molecule has 0 atom stereocenters. The Morgan fingerprint density at radius 2 is 1.76 bits per heavy atom. The zero-order chi connectivity index (χ0) is 12.8. The molecular weight excluding hydrogens is 218 g/mol. The third-order valence-corrected chi connectivity index (χ3v) is 2.58. The Kier molecular flexibility index (Phi) is 4.69. The second-order valence-corrected chi connectivity index (χ2v) is 4.04. The lowest BCUT2D eigenvalue weighted by molar-refractivity contribution is -0.137. The minimum Gasteiger partial charge on any atom is -0.481 e. The van der Waals surface area contributed by atoms with Gasteiger partial charge < -0.3 is 10.0 Å². The van der Waals surface area contributed by atoms with Crippen LogP contribution < -0.4 is 4.90 Å². The van der Waals surface area contributed by atoms with Crippen LogP contribution in [0, 0.1) is 6.92 Å². The van der Waals surface area contributed by atoms with Gasteiger partial charge in [0.15, 0.2) is 0 Å². The first-order chi connectivity index (χ1) is 8.00. The van der Waals surface area contributed by atoms with Crippen LogP contribution >= 0.6 is 0 Å². The number of carboxylic acids is 1. The largest absolute Gasteiger partial charge is 0.481 e. The van der Waals surface area contributed by atoms with Crippen molar-refractivity contribution >= 4 is 17.6 Å². The monoisotopic (exact) mass is 235 g/mol. The van der Waals surface area contributed by atoms with Crippen molar-refractivity contribution in [1.29, 1.82) is 0 Å². The molecule has 0 fully saturated rings. The Bertz CT molecular complexity index is 398. The lowest BCUT2D eigenvalue weighted by Gasteiger charge is -2.17. The second-order valence-electron chi connectivity index (χ2n) is 4.04. The summed E-state index contributed by atoms with van der Waals surface area (Å²) in [5.74, 6) is -0.925. The Hall–Kier alpha value is -1.84. The molecule has 0 spiro atoms. The lowest BCUT2D eigenvalue weighted by atomic mass is 10.2. The number of nitrogens with zero attached hydrogens (tertiary/aromatic N) is 1. The van der Waals surface area contributed by atoms with Crippen LogP contribution in [0.4, 0.5) is 5.69 Å². The zero-order valence-electron chi connectivity index (χ0n) is 10.1. The zero-order valence-corrected chi connectivity index (χ0v) is 10.1. The van der Waals surface area contributed by atoms with E-state index in [1.165, 1.54) is 0 Å². The summed E-state index contributed by atoms with van der Waals surface area (Å²) < 4.78 is 0. The number of benzene rings is 1. The van der Waals surface area contributed by atoms with Gasteiger partial charge in [0.2, 0.25) is 5.91 Å². The molecule has 1 rings (SSSR count). The van der Waals surface area contributed by atoms with Crippen molar-refractivity contribution in [3.8, 4) is 0 Å². The molecule has 4 nitrogen and oxygen atoms in total. The Labute approximate surface area is 101 Å².